The van der Waals surface area contributed by atoms with Gasteiger partial charge in [-0.15, -0.1) is 10.2 Å². The highest BCUT2D eigenvalue weighted by Crippen LogP contribution is 2.52. The standard InChI is InChI=1S/C15H14F3N5O2S/c16-15(17,18)14(20-21-14)11-1-3-12(4-2-11)26(24,25)23-7-5-13-19-6-8-22(13)9-10-23/h1-4,6,8H,5,7,9-10H2. The molecule has 2 aliphatic heterocycles. The summed E-state index contributed by atoms with van der Waals surface area (Å²) in [6.45, 7) is 1.00. The second kappa shape index (κ2) is 5.61. The molecule has 0 atom stereocenters. The quantitative estimate of drug-likeness (QED) is 0.813. The van der Waals surface area contributed by atoms with E-state index >= 15 is 0 Å². The van der Waals surface area contributed by atoms with Crippen molar-refractivity contribution >= 4 is 10.0 Å². The van der Waals surface area contributed by atoms with Crippen LogP contribution in [0.15, 0.2) is 51.8 Å². The van der Waals surface area contributed by atoms with Crippen molar-refractivity contribution in [3.05, 3.63) is 48.0 Å². The predicted octanol–water partition coefficient (Wildman–Crippen LogP) is 2.31. The molecule has 26 heavy (non-hydrogen) atoms. The third kappa shape index (κ3) is 2.62. The third-order valence-corrected chi connectivity index (χ3v) is 6.48. The number of hydrogen-bond donors (Lipinski definition) is 0. The molecule has 0 spiro atoms. The summed E-state index contributed by atoms with van der Waals surface area (Å²) in [7, 11) is -3.81. The van der Waals surface area contributed by atoms with Gasteiger partial charge in [-0.2, -0.15) is 17.5 Å². The molecule has 0 unspecified atom stereocenters. The van der Waals surface area contributed by atoms with Gasteiger partial charge in [0.05, 0.1) is 4.90 Å². The molecule has 138 valence electrons. The third-order valence-electron chi connectivity index (χ3n) is 4.57. The van der Waals surface area contributed by atoms with E-state index < -0.39 is 21.9 Å². The summed E-state index contributed by atoms with van der Waals surface area (Å²) >= 11 is 0. The number of aromatic nitrogens is 2. The molecule has 0 saturated carbocycles. The van der Waals surface area contributed by atoms with E-state index in [-0.39, 0.29) is 23.5 Å². The Kier molecular flexibility index (Phi) is 3.70. The lowest BCUT2D eigenvalue weighted by molar-refractivity contribution is -0.166. The van der Waals surface area contributed by atoms with Crippen LogP contribution in [0.25, 0.3) is 0 Å². The molecule has 4 rings (SSSR count). The number of halogens is 3. The number of benzene rings is 1. The van der Waals surface area contributed by atoms with Crippen LogP contribution in [0.2, 0.25) is 0 Å². The topological polar surface area (TPSA) is 79.9 Å². The Bertz CT molecular complexity index is 937. The molecule has 0 radical (unpaired) electrons. The lowest BCUT2D eigenvalue weighted by Crippen LogP contribution is -2.34. The molecule has 0 amide bonds. The Labute approximate surface area is 147 Å². The van der Waals surface area contributed by atoms with Gasteiger partial charge < -0.3 is 4.57 Å². The van der Waals surface area contributed by atoms with Crippen LogP contribution in [0, 0.1) is 0 Å². The minimum absolute atomic E-state index is 0.0567. The van der Waals surface area contributed by atoms with Crippen molar-refractivity contribution in [3.8, 4) is 0 Å². The minimum atomic E-state index is -4.64. The number of imidazole rings is 1. The first kappa shape index (κ1) is 17.2. The molecule has 0 bridgehead atoms. The zero-order valence-corrected chi connectivity index (χ0v) is 14.2. The summed E-state index contributed by atoms with van der Waals surface area (Å²) in [5, 5.41) is 6.23. The Morgan fingerprint density at radius 2 is 1.73 bits per heavy atom. The lowest BCUT2D eigenvalue weighted by Gasteiger charge is -2.20. The van der Waals surface area contributed by atoms with E-state index in [1.807, 2.05) is 4.57 Å². The first-order chi connectivity index (χ1) is 12.2. The van der Waals surface area contributed by atoms with Gasteiger partial charge >= 0.3 is 11.8 Å². The molecule has 1 aromatic heterocycles. The number of hydrogen-bond acceptors (Lipinski definition) is 5. The zero-order valence-electron chi connectivity index (χ0n) is 13.4. The minimum Gasteiger partial charge on any atom is -0.334 e. The molecule has 2 aliphatic rings. The summed E-state index contributed by atoms with van der Waals surface area (Å²) in [6, 6.07) is 4.57. The van der Waals surface area contributed by atoms with Gasteiger partial charge in [-0.25, -0.2) is 13.4 Å². The van der Waals surface area contributed by atoms with Gasteiger partial charge in [0.2, 0.25) is 10.0 Å². The van der Waals surface area contributed by atoms with Crippen LogP contribution >= 0.6 is 0 Å². The Balaban J connectivity index is 1.56. The van der Waals surface area contributed by atoms with Crippen molar-refractivity contribution in [1.29, 1.82) is 0 Å². The first-order valence-electron chi connectivity index (χ1n) is 7.85. The molecule has 11 heteroatoms. The van der Waals surface area contributed by atoms with Gasteiger partial charge in [-0.1, -0.05) is 12.1 Å². The molecule has 7 nitrogen and oxygen atoms in total. The highest BCUT2D eigenvalue weighted by molar-refractivity contribution is 7.89. The predicted molar refractivity (Wildman–Crippen MR) is 83.7 cm³/mol. The maximum absolute atomic E-state index is 13.0. The van der Waals surface area contributed by atoms with Crippen LogP contribution < -0.4 is 0 Å². The summed E-state index contributed by atoms with van der Waals surface area (Å²) in [4.78, 5) is 4.13. The molecule has 0 N–H and O–H groups in total. The van der Waals surface area contributed by atoms with Crippen LogP contribution in [-0.2, 0) is 28.7 Å². The number of alkyl halides is 3. The highest BCUT2D eigenvalue weighted by atomic mass is 32.2. The molecule has 3 heterocycles. The summed E-state index contributed by atoms with van der Waals surface area (Å²) in [5.41, 5.74) is -2.74. The van der Waals surface area contributed by atoms with Crippen LogP contribution in [0.1, 0.15) is 11.4 Å². The molecular weight excluding hydrogens is 371 g/mol. The van der Waals surface area contributed by atoms with Gasteiger partial charge in [0.1, 0.15) is 5.82 Å². The second-order valence-corrected chi connectivity index (χ2v) is 8.02. The zero-order chi connectivity index (χ0) is 18.6. The Morgan fingerprint density at radius 3 is 2.35 bits per heavy atom. The maximum atomic E-state index is 13.0. The molecule has 2 aromatic rings. The van der Waals surface area contributed by atoms with E-state index in [2.05, 4.69) is 15.2 Å². The van der Waals surface area contributed by atoms with Gasteiger partial charge in [0, 0.05) is 44.0 Å². The molecule has 0 fully saturated rings. The largest absolute Gasteiger partial charge is 0.442 e. The number of fused-ring (bicyclic) bond motifs is 1. The SMILES string of the molecule is O=S(=O)(c1ccc(C2(C(F)(F)F)N=N2)cc1)N1CCc2nccn2CC1. The van der Waals surface area contributed by atoms with Crippen LogP contribution in [0.4, 0.5) is 13.2 Å². The fraction of sp³-hybridized carbons (Fsp3) is 0.400. The summed E-state index contributed by atoms with van der Waals surface area (Å²) in [6.07, 6.45) is -0.708. The number of nitrogens with zero attached hydrogens (tertiary/aromatic N) is 5. The first-order valence-corrected chi connectivity index (χ1v) is 9.29. The van der Waals surface area contributed by atoms with Crippen molar-refractivity contribution in [3.63, 3.8) is 0 Å². The van der Waals surface area contributed by atoms with E-state index in [1.54, 1.807) is 12.4 Å². The summed E-state index contributed by atoms with van der Waals surface area (Å²) in [5.74, 6) is 0.808. The maximum Gasteiger partial charge on any atom is 0.442 e. The fourth-order valence-electron chi connectivity index (χ4n) is 3.02. The fourth-order valence-corrected chi connectivity index (χ4v) is 4.45. The molecular formula is C15H14F3N5O2S. The summed E-state index contributed by atoms with van der Waals surface area (Å²) < 4.78 is 67.9. The van der Waals surface area contributed by atoms with Crippen molar-refractivity contribution in [2.24, 2.45) is 10.2 Å². The normalized spacial score (nSPS) is 19.8. The average molecular weight is 385 g/mol. The van der Waals surface area contributed by atoms with Crippen molar-refractivity contribution in [1.82, 2.24) is 13.9 Å². The molecule has 1 aromatic carbocycles. The Morgan fingerprint density at radius 1 is 1.04 bits per heavy atom. The van der Waals surface area contributed by atoms with E-state index in [9.17, 15) is 21.6 Å². The molecule has 0 saturated heterocycles. The van der Waals surface area contributed by atoms with Crippen molar-refractivity contribution < 1.29 is 21.6 Å². The number of rotatable bonds is 3. The van der Waals surface area contributed by atoms with Crippen LogP contribution in [0.3, 0.4) is 0 Å². The van der Waals surface area contributed by atoms with Crippen molar-refractivity contribution in [2.45, 2.75) is 29.7 Å². The van der Waals surface area contributed by atoms with Crippen LogP contribution in [-0.4, -0.2) is 41.5 Å². The van der Waals surface area contributed by atoms with Gasteiger partial charge in [0.25, 0.3) is 0 Å². The smallest absolute Gasteiger partial charge is 0.334 e. The highest BCUT2D eigenvalue weighted by Gasteiger charge is 2.65. The van der Waals surface area contributed by atoms with Gasteiger partial charge in [0.15, 0.2) is 0 Å². The second-order valence-electron chi connectivity index (χ2n) is 6.09. The monoisotopic (exact) mass is 385 g/mol. The van der Waals surface area contributed by atoms with E-state index in [4.69, 9.17) is 0 Å². The van der Waals surface area contributed by atoms with E-state index in [0.717, 1.165) is 18.0 Å². The average Bonchev–Trinajstić information content (AvgIpc) is 3.34. The van der Waals surface area contributed by atoms with Crippen LogP contribution in [0.5, 0.6) is 0 Å². The van der Waals surface area contributed by atoms with Crippen molar-refractivity contribution in [2.75, 3.05) is 13.1 Å². The molecule has 0 aliphatic carbocycles. The number of sulfonamides is 1. The van der Waals surface area contributed by atoms with Gasteiger partial charge in [-0.3, -0.25) is 0 Å². The van der Waals surface area contributed by atoms with E-state index in [1.165, 1.54) is 16.4 Å². The Hall–Kier alpha value is -2.27. The van der Waals surface area contributed by atoms with Gasteiger partial charge in [-0.05, 0) is 12.1 Å². The lowest BCUT2D eigenvalue weighted by atomic mass is 10.0. The van der Waals surface area contributed by atoms with E-state index in [0.29, 0.717) is 13.0 Å².